The maximum atomic E-state index is 12.7. The highest BCUT2D eigenvalue weighted by Gasteiger charge is 2.35. The van der Waals surface area contributed by atoms with E-state index in [1.807, 2.05) is 22.6 Å². The van der Waals surface area contributed by atoms with E-state index in [1.54, 1.807) is 6.07 Å². The minimum atomic E-state index is -4.39. The molecule has 0 unspecified atom stereocenters. The molecule has 0 aromatic heterocycles. The largest absolute Gasteiger partial charge is 0.416 e. The van der Waals surface area contributed by atoms with Crippen LogP contribution in [0.4, 0.5) is 13.2 Å². The van der Waals surface area contributed by atoms with Gasteiger partial charge in [-0.1, -0.05) is 0 Å². The number of aryl methyl sites for hydroxylation is 1. The second-order valence-electron chi connectivity index (χ2n) is 3.09. The summed E-state index contributed by atoms with van der Waals surface area (Å²) in [6.07, 6.45) is -4.60. The minimum absolute atomic E-state index is 0.0504. The van der Waals surface area contributed by atoms with E-state index in [9.17, 15) is 13.2 Å². The Morgan fingerprint density at radius 3 is 2.47 bits per heavy atom. The summed E-state index contributed by atoms with van der Waals surface area (Å²) in [5.41, 5.74) is -0.460. The minimum Gasteiger partial charge on any atom is -0.198 e. The highest BCUT2D eigenvalue weighted by molar-refractivity contribution is 14.1. The zero-order chi connectivity index (χ0) is 11.6. The fourth-order valence-corrected chi connectivity index (χ4v) is 2.29. The van der Waals surface area contributed by atoms with Crippen molar-refractivity contribution in [3.8, 4) is 6.07 Å². The normalized spacial score (nSPS) is 11.2. The van der Waals surface area contributed by atoms with Crippen LogP contribution in [-0.4, -0.2) is 0 Å². The van der Waals surface area contributed by atoms with Crippen LogP contribution in [0.2, 0.25) is 0 Å². The molecule has 0 atom stereocenters. The summed E-state index contributed by atoms with van der Waals surface area (Å²) in [6.45, 7) is 1.41. The van der Waals surface area contributed by atoms with Gasteiger partial charge in [0.2, 0.25) is 0 Å². The fraction of sp³-hybridized carbons (Fsp3) is 0.300. The topological polar surface area (TPSA) is 23.8 Å². The van der Waals surface area contributed by atoms with Crippen LogP contribution in [-0.2, 0) is 12.6 Å². The first kappa shape index (κ1) is 12.3. The molecule has 80 valence electrons. The number of alkyl halides is 3. The van der Waals surface area contributed by atoms with Gasteiger partial charge in [0, 0.05) is 3.57 Å². The molecular weight excluding hydrogens is 318 g/mol. The first-order valence-corrected chi connectivity index (χ1v) is 5.17. The molecule has 0 saturated heterocycles. The predicted octanol–water partition coefficient (Wildman–Crippen LogP) is 3.68. The molecule has 0 aliphatic carbocycles. The Balaban J connectivity index is 3.42. The molecule has 0 aliphatic rings. The Hall–Kier alpha value is -0.770. The van der Waals surface area contributed by atoms with Crippen molar-refractivity contribution in [2.45, 2.75) is 19.5 Å². The number of hydrogen-bond acceptors (Lipinski definition) is 1. The highest BCUT2D eigenvalue weighted by Crippen LogP contribution is 2.35. The first-order chi connectivity index (χ1) is 6.86. The molecule has 0 N–H and O–H groups in total. The summed E-state index contributed by atoms with van der Waals surface area (Å²) in [4.78, 5) is 0. The molecule has 0 aliphatic heterocycles. The Labute approximate surface area is 99.0 Å². The third-order valence-electron chi connectivity index (χ3n) is 1.93. The zero-order valence-corrected chi connectivity index (χ0v) is 9.98. The van der Waals surface area contributed by atoms with Crippen LogP contribution < -0.4 is 0 Å². The van der Waals surface area contributed by atoms with Gasteiger partial charge < -0.3 is 0 Å². The summed E-state index contributed by atoms with van der Waals surface area (Å²) in [6, 6.07) is 4.61. The summed E-state index contributed by atoms with van der Waals surface area (Å²) in [5, 5.41) is 8.47. The van der Waals surface area contributed by atoms with Crippen molar-refractivity contribution in [3.05, 3.63) is 32.4 Å². The molecule has 0 spiro atoms. The van der Waals surface area contributed by atoms with Crippen molar-refractivity contribution < 1.29 is 13.2 Å². The second kappa shape index (κ2) is 4.39. The van der Waals surface area contributed by atoms with Gasteiger partial charge in [-0.15, -0.1) is 0 Å². The highest BCUT2D eigenvalue weighted by atomic mass is 127. The van der Waals surface area contributed by atoms with Crippen molar-refractivity contribution in [3.63, 3.8) is 0 Å². The first-order valence-electron chi connectivity index (χ1n) is 4.09. The number of nitrogens with zero attached hydrogens (tertiary/aromatic N) is 1. The molecule has 0 heterocycles. The van der Waals surface area contributed by atoms with E-state index >= 15 is 0 Å². The lowest BCUT2D eigenvalue weighted by atomic mass is 10.00. The van der Waals surface area contributed by atoms with Crippen molar-refractivity contribution in [1.29, 1.82) is 5.26 Å². The third kappa shape index (κ3) is 2.84. The average molecular weight is 325 g/mol. The molecule has 5 heteroatoms. The SMILES string of the molecule is Cc1cc(I)cc(CC#N)c1C(F)(F)F. The van der Waals surface area contributed by atoms with E-state index in [0.29, 0.717) is 3.57 Å². The maximum Gasteiger partial charge on any atom is 0.416 e. The molecule has 1 aromatic carbocycles. The van der Waals surface area contributed by atoms with E-state index in [2.05, 4.69) is 0 Å². The quantitative estimate of drug-likeness (QED) is 0.723. The number of rotatable bonds is 1. The summed E-state index contributed by atoms with van der Waals surface area (Å²) >= 11 is 1.94. The second-order valence-corrected chi connectivity index (χ2v) is 4.34. The van der Waals surface area contributed by atoms with E-state index < -0.39 is 11.7 Å². The molecule has 1 rings (SSSR count). The monoisotopic (exact) mass is 325 g/mol. The van der Waals surface area contributed by atoms with Gasteiger partial charge in [-0.2, -0.15) is 18.4 Å². The third-order valence-corrected chi connectivity index (χ3v) is 2.56. The standard InChI is InChI=1S/C10H7F3IN/c1-6-4-8(14)5-7(2-3-15)9(6)10(11,12)13/h4-5H,2H2,1H3. The molecular formula is C10H7F3IN. The maximum absolute atomic E-state index is 12.7. The lowest BCUT2D eigenvalue weighted by molar-refractivity contribution is -0.138. The van der Waals surface area contributed by atoms with Crippen molar-refractivity contribution >= 4 is 22.6 Å². The summed E-state index contributed by atoms with van der Waals surface area (Å²) < 4.78 is 38.7. The Morgan fingerprint density at radius 2 is 2.00 bits per heavy atom. The van der Waals surface area contributed by atoms with Crippen molar-refractivity contribution in [2.75, 3.05) is 0 Å². The van der Waals surface area contributed by atoms with Crippen LogP contribution in [0.1, 0.15) is 16.7 Å². The Bertz CT molecular complexity index is 418. The van der Waals surface area contributed by atoms with Crippen LogP contribution in [0, 0.1) is 21.8 Å². The number of hydrogen-bond donors (Lipinski definition) is 0. The number of benzene rings is 1. The van der Waals surface area contributed by atoms with Crippen molar-refractivity contribution in [1.82, 2.24) is 0 Å². The van der Waals surface area contributed by atoms with Gasteiger partial charge in [-0.25, -0.2) is 0 Å². The number of nitriles is 1. The van der Waals surface area contributed by atoms with E-state index in [4.69, 9.17) is 5.26 Å². The average Bonchev–Trinajstić information content (AvgIpc) is 1.99. The molecule has 15 heavy (non-hydrogen) atoms. The molecule has 0 amide bonds. The van der Waals surface area contributed by atoms with Crippen LogP contribution in [0.25, 0.3) is 0 Å². The van der Waals surface area contributed by atoms with Gasteiger partial charge in [-0.3, -0.25) is 0 Å². The molecule has 1 aromatic rings. The van der Waals surface area contributed by atoms with Crippen LogP contribution in [0.15, 0.2) is 12.1 Å². The molecule has 0 fully saturated rings. The molecule has 0 bridgehead atoms. The summed E-state index contributed by atoms with van der Waals surface area (Å²) in [7, 11) is 0. The lowest BCUT2D eigenvalue weighted by Gasteiger charge is -2.14. The van der Waals surface area contributed by atoms with Gasteiger partial charge >= 0.3 is 6.18 Å². The van der Waals surface area contributed by atoms with Crippen LogP contribution in [0.3, 0.4) is 0 Å². The zero-order valence-electron chi connectivity index (χ0n) is 7.82. The van der Waals surface area contributed by atoms with Gasteiger partial charge in [0.05, 0.1) is 18.1 Å². The van der Waals surface area contributed by atoms with Gasteiger partial charge in [0.25, 0.3) is 0 Å². The molecule has 1 nitrogen and oxygen atoms in total. The fourth-order valence-electron chi connectivity index (χ4n) is 1.44. The van der Waals surface area contributed by atoms with Crippen molar-refractivity contribution in [2.24, 2.45) is 0 Å². The Kier molecular flexibility index (Phi) is 3.60. The lowest BCUT2D eigenvalue weighted by Crippen LogP contribution is -2.11. The molecule has 0 radical (unpaired) electrons. The summed E-state index contributed by atoms with van der Waals surface area (Å²) in [5.74, 6) is 0. The van der Waals surface area contributed by atoms with Crippen LogP contribution >= 0.6 is 22.6 Å². The van der Waals surface area contributed by atoms with Crippen LogP contribution in [0.5, 0.6) is 0 Å². The number of halogens is 4. The Morgan fingerprint density at radius 1 is 1.40 bits per heavy atom. The van der Waals surface area contributed by atoms with E-state index in [-0.39, 0.29) is 17.5 Å². The van der Waals surface area contributed by atoms with E-state index in [1.165, 1.54) is 19.1 Å². The van der Waals surface area contributed by atoms with Gasteiger partial charge in [0.1, 0.15) is 0 Å². The molecule has 0 saturated carbocycles. The van der Waals surface area contributed by atoms with Gasteiger partial charge in [-0.05, 0) is 52.8 Å². The predicted molar refractivity (Wildman–Crippen MR) is 58.2 cm³/mol. The van der Waals surface area contributed by atoms with Gasteiger partial charge in [0.15, 0.2) is 0 Å². The van der Waals surface area contributed by atoms with E-state index in [0.717, 1.165) is 0 Å². The smallest absolute Gasteiger partial charge is 0.198 e.